The third-order valence-electron chi connectivity index (χ3n) is 3.91. The third kappa shape index (κ3) is 1.80. The van der Waals surface area contributed by atoms with E-state index in [-0.39, 0.29) is 5.60 Å². The highest BCUT2D eigenvalue weighted by Gasteiger charge is 2.59. The quantitative estimate of drug-likeness (QED) is 0.575. The minimum atomic E-state index is -1.23. The van der Waals surface area contributed by atoms with Gasteiger partial charge in [-0.25, -0.2) is 0 Å². The van der Waals surface area contributed by atoms with Crippen molar-refractivity contribution in [3.05, 3.63) is 48.0 Å². The largest absolute Gasteiger partial charge is 0.365 e. The predicted molar refractivity (Wildman–Crippen MR) is 79.5 cm³/mol. The molecular weight excluding hydrogens is 236 g/mol. The molecule has 1 saturated heterocycles. The van der Waals surface area contributed by atoms with E-state index in [1.165, 1.54) is 16.3 Å². The van der Waals surface area contributed by atoms with E-state index in [9.17, 15) is 0 Å². The van der Waals surface area contributed by atoms with Crippen molar-refractivity contribution in [1.82, 2.24) is 0 Å². The molecule has 0 bridgehead atoms. The molecule has 1 aliphatic heterocycles. The topological polar surface area (TPSA) is 12.5 Å². The zero-order chi connectivity index (χ0) is 13.0. The van der Waals surface area contributed by atoms with Gasteiger partial charge in [-0.2, -0.15) is 0 Å². The Morgan fingerprint density at radius 2 is 1.67 bits per heavy atom. The summed E-state index contributed by atoms with van der Waals surface area (Å²) in [5, 5.41) is 2.61. The van der Waals surface area contributed by atoms with Crippen molar-refractivity contribution < 1.29 is 4.74 Å². The molecule has 2 heteroatoms. The fraction of sp³-hybridized carbons (Fsp3) is 0.375. The Balaban J connectivity index is 2.01. The lowest BCUT2D eigenvalue weighted by Gasteiger charge is -2.16. The van der Waals surface area contributed by atoms with Gasteiger partial charge in [0, 0.05) is 0 Å². The van der Waals surface area contributed by atoms with E-state index in [2.05, 4.69) is 69.0 Å². The van der Waals surface area contributed by atoms with Gasteiger partial charge in [0.05, 0.1) is 13.8 Å². The van der Waals surface area contributed by atoms with Gasteiger partial charge >= 0.3 is 0 Å². The summed E-state index contributed by atoms with van der Waals surface area (Å²) in [4.78, 5) is 0. The Kier molecular flexibility index (Phi) is 2.44. The van der Waals surface area contributed by atoms with Crippen molar-refractivity contribution in [3.8, 4) is 0 Å². The third-order valence-corrected chi connectivity index (χ3v) is 6.16. The number of rotatable bonds is 2. The average molecular weight is 256 g/mol. The molecule has 1 fully saturated rings. The molecule has 0 N–H and O–H groups in total. The summed E-state index contributed by atoms with van der Waals surface area (Å²) in [5.41, 5.74) is 1.73. The Labute approximate surface area is 110 Å². The van der Waals surface area contributed by atoms with Crippen LogP contribution in [-0.4, -0.2) is 13.8 Å². The Bertz CT molecular complexity index is 599. The zero-order valence-electron chi connectivity index (χ0n) is 11.5. The molecule has 1 nitrogen and oxygen atoms in total. The van der Waals surface area contributed by atoms with Crippen molar-refractivity contribution in [2.24, 2.45) is 0 Å². The van der Waals surface area contributed by atoms with Crippen molar-refractivity contribution in [2.45, 2.75) is 37.9 Å². The maximum atomic E-state index is 6.07. The van der Waals surface area contributed by atoms with Crippen LogP contribution in [0.4, 0.5) is 0 Å². The molecule has 3 rings (SSSR count). The Hall–Kier alpha value is -1.12. The van der Waals surface area contributed by atoms with Crippen LogP contribution in [0.2, 0.25) is 19.6 Å². The Morgan fingerprint density at radius 1 is 1.00 bits per heavy atom. The maximum absolute atomic E-state index is 6.07. The summed E-state index contributed by atoms with van der Waals surface area (Å²) in [6.07, 6.45) is 0. The van der Waals surface area contributed by atoms with E-state index in [0.717, 1.165) is 0 Å². The summed E-state index contributed by atoms with van der Waals surface area (Å²) in [7, 11) is -1.23. The van der Waals surface area contributed by atoms with Crippen LogP contribution in [0.1, 0.15) is 12.5 Å². The lowest BCUT2D eigenvalue weighted by atomic mass is 9.98. The number of hydrogen-bond acceptors (Lipinski definition) is 1. The van der Waals surface area contributed by atoms with Gasteiger partial charge in [0.15, 0.2) is 0 Å². The van der Waals surface area contributed by atoms with Crippen LogP contribution in [0.3, 0.4) is 0 Å². The Morgan fingerprint density at radius 3 is 2.28 bits per heavy atom. The number of benzene rings is 2. The second kappa shape index (κ2) is 3.69. The van der Waals surface area contributed by atoms with Crippen LogP contribution in [0.5, 0.6) is 0 Å². The number of fused-ring (bicyclic) bond motifs is 1. The molecule has 2 aromatic rings. The lowest BCUT2D eigenvalue weighted by Crippen LogP contribution is -2.33. The monoisotopic (exact) mass is 256 g/mol. The standard InChI is InChI=1S/C16H20OSi/c1-16(15(17-16)18(2,3)4)14-10-9-12-7-5-6-8-13(12)11-14/h5-11,15H,1-4H3/t15-,16+/m1/s1. The van der Waals surface area contributed by atoms with Gasteiger partial charge in [-0.05, 0) is 29.3 Å². The fourth-order valence-corrected chi connectivity index (χ4v) is 5.35. The van der Waals surface area contributed by atoms with Crippen LogP contribution in [0.15, 0.2) is 42.5 Å². The van der Waals surface area contributed by atoms with Crippen LogP contribution >= 0.6 is 0 Å². The molecule has 0 spiro atoms. The predicted octanol–water partition coefficient (Wildman–Crippen LogP) is 4.33. The molecule has 94 valence electrons. The summed E-state index contributed by atoms with van der Waals surface area (Å²) in [6.45, 7) is 9.37. The fourth-order valence-electron chi connectivity index (χ4n) is 2.93. The molecule has 0 amide bonds. The van der Waals surface area contributed by atoms with Gasteiger partial charge in [0.2, 0.25) is 0 Å². The molecule has 18 heavy (non-hydrogen) atoms. The van der Waals surface area contributed by atoms with Gasteiger partial charge in [0.25, 0.3) is 0 Å². The van der Waals surface area contributed by atoms with Crippen molar-refractivity contribution in [2.75, 3.05) is 0 Å². The highest BCUT2D eigenvalue weighted by Crippen LogP contribution is 2.50. The summed E-state index contributed by atoms with van der Waals surface area (Å²) in [6, 6.07) is 15.2. The van der Waals surface area contributed by atoms with Crippen molar-refractivity contribution in [3.63, 3.8) is 0 Å². The molecular formula is C16H20OSi. The SMILES string of the molecule is C[C@@]1(c2ccc3ccccc3c2)O[C@@H]1[Si](C)(C)C. The van der Waals surface area contributed by atoms with Crippen LogP contribution in [0, 0.1) is 0 Å². The summed E-state index contributed by atoms with van der Waals surface area (Å²) >= 11 is 0. The molecule has 0 radical (unpaired) electrons. The molecule has 0 aromatic heterocycles. The summed E-state index contributed by atoms with van der Waals surface area (Å²) < 4.78 is 6.07. The van der Waals surface area contributed by atoms with Gasteiger partial charge in [-0.3, -0.25) is 0 Å². The molecule has 0 aliphatic carbocycles. The van der Waals surface area contributed by atoms with E-state index in [4.69, 9.17) is 4.74 Å². The normalized spacial score (nSPS) is 27.4. The molecule has 1 heterocycles. The number of ether oxygens (including phenoxy) is 1. The number of epoxide rings is 1. The highest BCUT2D eigenvalue weighted by molar-refractivity contribution is 6.78. The van der Waals surface area contributed by atoms with E-state index in [0.29, 0.717) is 5.73 Å². The smallest absolute Gasteiger partial charge is 0.114 e. The second-order valence-corrected chi connectivity index (χ2v) is 11.8. The minimum absolute atomic E-state index is 0.0471. The first-order chi connectivity index (χ1) is 8.41. The molecule has 2 aromatic carbocycles. The van der Waals surface area contributed by atoms with E-state index < -0.39 is 8.07 Å². The van der Waals surface area contributed by atoms with Crippen LogP contribution in [0.25, 0.3) is 10.8 Å². The van der Waals surface area contributed by atoms with Crippen LogP contribution < -0.4 is 0 Å². The van der Waals surface area contributed by atoms with Gasteiger partial charge in [0.1, 0.15) is 5.60 Å². The van der Waals surface area contributed by atoms with Gasteiger partial charge in [-0.15, -0.1) is 0 Å². The number of hydrogen-bond donors (Lipinski definition) is 0. The molecule has 1 aliphatic rings. The lowest BCUT2D eigenvalue weighted by molar-refractivity contribution is 0.323. The molecule has 0 saturated carbocycles. The maximum Gasteiger partial charge on any atom is 0.114 e. The first kappa shape index (κ1) is 11.9. The first-order valence-electron chi connectivity index (χ1n) is 6.58. The van der Waals surface area contributed by atoms with Gasteiger partial charge in [-0.1, -0.05) is 56.0 Å². The minimum Gasteiger partial charge on any atom is -0.365 e. The highest BCUT2D eigenvalue weighted by atomic mass is 28.3. The van der Waals surface area contributed by atoms with E-state index >= 15 is 0 Å². The van der Waals surface area contributed by atoms with Crippen LogP contribution in [-0.2, 0) is 10.3 Å². The zero-order valence-corrected chi connectivity index (χ0v) is 12.5. The van der Waals surface area contributed by atoms with E-state index in [1.54, 1.807) is 0 Å². The summed E-state index contributed by atoms with van der Waals surface area (Å²) in [5.74, 6) is 0. The van der Waals surface area contributed by atoms with Gasteiger partial charge < -0.3 is 4.74 Å². The van der Waals surface area contributed by atoms with E-state index in [1.807, 2.05) is 0 Å². The first-order valence-corrected chi connectivity index (χ1v) is 10.2. The van der Waals surface area contributed by atoms with Crippen molar-refractivity contribution >= 4 is 18.8 Å². The average Bonchev–Trinajstić information content (AvgIpc) is 3.03. The second-order valence-electron chi connectivity index (χ2n) is 6.53. The molecule has 2 atom stereocenters. The molecule has 0 unspecified atom stereocenters. The van der Waals surface area contributed by atoms with Crippen molar-refractivity contribution in [1.29, 1.82) is 0 Å².